The Balaban J connectivity index is 1.74. The third-order valence-electron chi connectivity index (χ3n) is 3.59. The number of imidazole rings is 1. The highest BCUT2D eigenvalue weighted by Crippen LogP contribution is 2.26. The van der Waals surface area contributed by atoms with Gasteiger partial charge in [-0.25, -0.2) is 9.97 Å². The number of fused-ring (bicyclic) bond motifs is 1. The molecule has 22 heavy (non-hydrogen) atoms. The number of benzene rings is 1. The molecule has 3 aromatic rings. The molecule has 5 heteroatoms. The summed E-state index contributed by atoms with van der Waals surface area (Å²) in [6.07, 6.45) is 3.79. The Hall–Kier alpha value is -1.72. The molecule has 112 valence electrons. The van der Waals surface area contributed by atoms with Gasteiger partial charge >= 0.3 is 0 Å². The predicted molar refractivity (Wildman–Crippen MR) is 96.6 cm³/mol. The van der Waals surface area contributed by atoms with E-state index in [2.05, 4.69) is 27.9 Å². The molecule has 2 heterocycles. The molecule has 3 rings (SSSR count). The maximum Gasteiger partial charge on any atom is 0.117 e. The standard InChI is InChI=1S/C17H17N3S2/c1-12-13(5-4-10-21)8-9-18-17(12)22-11-16-19-14-6-2-3-7-15(14)20-16/h2-3,6-10H,4-5,11H2,1H3,(H,19,20). The fourth-order valence-electron chi connectivity index (χ4n) is 2.40. The van der Waals surface area contributed by atoms with Gasteiger partial charge in [-0.15, -0.1) is 0 Å². The second-order valence-electron chi connectivity index (χ2n) is 5.09. The molecule has 0 fully saturated rings. The van der Waals surface area contributed by atoms with Gasteiger partial charge in [-0.1, -0.05) is 36.1 Å². The molecule has 0 unspecified atom stereocenters. The summed E-state index contributed by atoms with van der Waals surface area (Å²) in [5.41, 5.74) is 4.67. The molecule has 0 saturated heterocycles. The van der Waals surface area contributed by atoms with Crippen molar-refractivity contribution < 1.29 is 0 Å². The average Bonchev–Trinajstić information content (AvgIpc) is 2.95. The van der Waals surface area contributed by atoms with Crippen molar-refractivity contribution in [1.82, 2.24) is 15.0 Å². The summed E-state index contributed by atoms with van der Waals surface area (Å²) >= 11 is 6.64. The second-order valence-corrected chi connectivity index (χ2v) is 6.39. The van der Waals surface area contributed by atoms with Crippen LogP contribution in [0.2, 0.25) is 0 Å². The zero-order valence-corrected chi connectivity index (χ0v) is 14.0. The molecule has 3 nitrogen and oxygen atoms in total. The fraction of sp³-hybridized carbons (Fsp3) is 0.235. The molecule has 1 aromatic carbocycles. The molecule has 0 aliphatic rings. The first-order valence-electron chi connectivity index (χ1n) is 7.22. The molecule has 0 radical (unpaired) electrons. The third-order valence-corrected chi connectivity index (χ3v) is 4.92. The van der Waals surface area contributed by atoms with E-state index in [0.29, 0.717) is 0 Å². The first-order chi connectivity index (χ1) is 10.8. The van der Waals surface area contributed by atoms with Gasteiger partial charge in [0.05, 0.1) is 21.8 Å². The predicted octanol–water partition coefficient (Wildman–Crippen LogP) is 4.49. The lowest BCUT2D eigenvalue weighted by atomic mass is 10.1. The van der Waals surface area contributed by atoms with Gasteiger partial charge in [-0.3, -0.25) is 0 Å². The van der Waals surface area contributed by atoms with Gasteiger partial charge < -0.3 is 4.98 Å². The van der Waals surface area contributed by atoms with Gasteiger partial charge in [0.1, 0.15) is 5.82 Å². The number of H-pyrrole nitrogens is 1. The number of nitrogens with zero attached hydrogens (tertiary/aromatic N) is 2. The van der Waals surface area contributed by atoms with Crippen molar-refractivity contribution in [3.05, 3.63) is 53.5 Å². The van der Waals surface area contributed by atoms with E-state index in [1.807, 2.05) is 30.5 Å². The molecule has 0 amide bonds. The van der Waals surface area contributed by atoms with Gasteiger partial charge in [0.25, 0.3) is 0 Å². The van der Waals surface area contributed by atoms with Crippen molar-refractivity contribution in [3.8, 4) is 0 Å². The van der Waals surface area contributed by atoms with Crippen LogP contribution in [0.15, 0.2) is 41.6 Å². The largest absolute Gasteiger partial charge is 0.341 e. The smallest absolute Gasteiger partial charge is 0.117 e. The summed E-state index contributed by atoms with van der Waals surface area (Å²) in [4.78, 5) is 12.5. The fourth-order valence-corrected chi connectivity index (χ4v) is 3.41. The van der Waals surface area contributed by atoms with Crippen molar-refractivity contribution >= 4 is 40.4 Å². The summed E-state index contributed by atoms with van der Waals surface area (Å²) in [6.45, 7) is 2.13. The molecule has 0 saturated carbocycles. The summed E-state index contributed by atoms with van der Waals surface area (Å²) in [5.74, 6) is 1.77. The number of para-hydroxylation sites is 2. The highest BCUT2D eigenvalue weighted by molar-refractivity contribution is 7.98. The van der Waals surface area contributed by atoms with Gasteiger partial charge in [-0.05, 0) is 54.5 Å². The van der Waals surface area contributed by atoms with Gasteiger partial charge in [-0.2, -0.15) is 0 Å². The Bertz CT molecular complexity index is 762. The van der Waals surface area contributed by atoms with Gasteiger partial charge in [0.15, 0.2) is 0 Å². The number of pyridine rings is 1. The van der Waals surface area contributed by atoms with Crippen molar-refractivity contribution in [2.24, 2.45) is 0 Å². The normalized spacial score (nSPS) is 11.0. The molecule has 2 aromatic heterocycles. The third kappa shape index (κ3) is 3.36. The van der Waals surface area contributed by atoms with Crippen LogP contribution in [0.3, 0.4) is 0 Å². The lowest BCUT2D eigenvalue weighted by molar-refractivity contribution is 0.973. The molecular weight excluding hydrogens is 310 g/mol. The minimum Gasteiger partial charge on any atom is -0.341 e. The number of aryl methyl sites for hydroxylation is 1. The van der Waals surface area contributed by atoms with Crippen LogP contribution >= 0.6 is 24.0 Å². The maximum absolute atomic E-state index is 4.92. The lowest BCUT2D eigenvalue weighted by Gasteiger charge is -2.08. The molecule has 0 aliphatic carbocycles. The Morgan fingerprint density at radius 2 is 2.14 bits per heavy atom. The van der Waals surface area contributed by atoms with E-state index < -0.39 is 0 Å². The van der Waals surface area contributed by atoms with Crippen LogP contribution in [0.1, 0.15) is 23.4 Å². The van der Waals surface area contributed by atoms with E-state index in [4.69, 9.17) is 12.2 Å². The number of hydrogen-bond acceptors (Lipinski definition) is 4. The van der Waals surface area contributed by atoms with Crippen LogP contribution in [-0.4, -0.2) is 20.3 Å². The van der Waals surface area contributed by atoms with Gasteiger partial charge in [0, 0.05) is 6.20 Å². The zero-order chi connectivity index (χ0) is 15.4. The van der Waals surface area contributed by atoms with E-state index in [9.17, 15) is 0 Å². The molecule has 0 spiro atoms. The molecule has 1 N–H and O–H groups in total. The van der Waals surface area contributed by atoms with Crippen LogP contribution in [0, 0.1) is 6.92 Å². The topological polar surface area (TPSA) is 41.6 Å². The Morgan fingerprint density at radius 3 is 2.95 bits per heavy atom. The van der Waals surface area contributed by atoms with Crippen LogP contribution in [0.5, 0.6) is 0 Å². The highest BCUT2D eigenvalue weighted by Gasteiger charge is 2.08. The van der Waals surface area contributed by atoms with Crippen LogP contribution in [0.25, 0.3) is 11.0 Å². The van der Waals surface area contributed by atoms with E-state index >= 15 is 0 Å². The second kappa shape index (κ2) is 7.03. The van der Waals surface area contributed by atoms with Crippen molar-refractivity contribution in [1.29, 1.82) is 0 Å². The maximum atomic E-state index is 4.92. The Kier molecular flexibility index (Phi) is 4.85. The number of aromatic amines is 1. The Labute approximate surface area is 139 Å². The van der Waals surface area contributed by atoms with Crippen molar-refractivity contribution in [2.45, 2.75) is 30.5 Å². The number of aromatic nitrogens is 3. The summed E-state index contributed by atoms with van der Waals surface area (Å²) < 4.78 is 0. The average molecular weight is 327 g/mol. The SMILES string of the molecule is Cc1c(CCC=S)ccnc1SCc1nc2ccccc2[nH]1. The summed E-state index contributed by atoms with van der Waals surface area (Å²) in [7, 11) is 0. The number of rotatable bonds is 6. The number of thioether (sulfide) groups is 1. The number of thiocarbonyl (C=S) groups is 1. The van der Waals surface area contributed by atoms with Crippen LogP contribution in [-0.2, 0) is 12.2 Å². The molecule has 0 atom stereocenters. The molecule has 0 bridgehead atoms. The quantitative estimate of drug-likeness (QED) is 0.535. The van der Waals surface area contributed by atoms with Crippen LogP contribution in [0.4, 0.5) is 0 Å². The summed E-state index contributed by atoms with van der Waals surface area (Å²) in [6, 6.07) is 10.2. The highest BCUT2D eigenvalue weighted by atomic mass is 32.2. The Morgan fingerprint density at radius 1 is 1.27 bits per heavy atom. The van der Waals surface area contributed by atoms with Crippen LogP contribution < -0.4 is 0 Å². The minimum absolute atomic E-state index is 0.791. The first-order valence-corrected chi connectivity index (χ1v) is 8.68. The lowest BCUT2D eigenvalue weighted by Crippen LogP contribution is -1.95. The van der Waals surface area contributed by atoms with E-state index in [1.165, 1.54) is 11.1 Å². The summed E-state index contributed by atoms with van der Waals surface area (Å²) in [5, 5.41) is 2.86. The number of nitrogens with one attached hydrogen (secondary N) is 1. The van der Waals surface area contributed by atoms with E-state index in [1.54, 1.807) is 17.1 Å². The van der Waals surface area contributed by atoms with E-state index in [-0.39, 0.29) is 0 Å². The first kappa shape index (κ1) is 15.2. The minimum atomic E-state index is 0.791. The zero-order valence-electron chi connectivity index (χ0n) is 12.4. The molecular formula is C17H17N3S2. The van der Waals surface area contributed by atoms with Crippen molar-refractivity contribution in [3.63, 3.8) is 0 Å². The number of hydrogen-bond donors (Lipinski definition) is 1. The van der Waals surface area contributed by atoms with Crippen molar-refractivity contribution in [2.75, 3.05) is 0 Å². The van der Waals surface area contributed by atoms with Gasteiger partial charge in [0.2, 0.25) is 0 Å². The molecule has 0 aliphatic heterocycles. The monoisotopic (exact) mass is 327 g/mol. The van der Waals surface area contributed by atoms with E-state index in [0.717, 1.165) is 40.5 Å².